The summed E-state index contributed by atoms with van der Waals surface area (Å²) in [5.74, 6) is -0.996. The number of rotatable bonds is 4. The number of aromatic nitrogens is 2. The van der Waals surface area contributed by atoms with Crippen LogP contribution in [0.5, 0.6) is 0 Å². The van der Waals surface area contributed by atoms with Gasteiger partial charge in [-0.2, -0.15) is 0 Å². The van der Waals surface area contributed by atoms with Crippen molar-refractivity contribution in [3.63, 3.8) is 0 Å². The number of thiophene rings is 1. The first-order valence-electron chi connectivity index (χ1n) is 5.45. The van der Waals surface area contributed by atoms with Crippen molar-refractivity contribution < 1.29 is 19.5 Å². The van der Waals surface area contributed by atoms with Crippen LogP contribution in [0.4, 0.5) is 5.69 Å². The van der Waals surface area contributed by atoms with Crippen molar-refractivity contribution in [2.75, 3.05) is 0 Å². The van der Waals surface area contributed by atoms with Gasteiger partial charge in [0.15, 0.2) is 5.52 Å². The highest BCUT2D eigenvalue weighted by atomic mass is 32.2. The van der Waals surface area contributed by atoms with E-state index in [0.717, 1.165) is 11.3 Å². The zero-order valence-corrected chi connectivity index (χ0v) is 11.7. The average Bonchev–Trinajstić information content (AvgIpc) is 3.06. The molecule has 106 valence electrons. The third-order valence-electron chi connectivity index (χ3n) is 2.57. The molecule has 0 fully saturated rings. The molecule has 0 atom stereocenters. The zero-order valence-electron chi connectivity index (χ0n) is 10.0. The summed E-state index contributed by atoms with van der Waals surface area (Å²) in [6.07, 6.45) is 0. The summed E-state index contributed by atoms with van der Waals surface area (Å²) in [5, 5.41) is 28.7. The Morgan fingerprint density at radius 2 is 2.14 bits per heavy atom. The molecular formula is C11H5N3O5S2. The molecule has 0 bridgehead atoms. The van der Waals surface area contributed by atoms with E-state index >= 15 is 0 Å². The molecule has 21 heavy (non-hydrogen) atoms. The first-order valence-corrected chi connectivity index (χ1v) is 7.15. The average molecular weight is 323 g/mol. The summed E-state index contributed by atoms with van der Waals surface area (Å²) in [5.41, 5.74) is 0.156. The highest BCUT2D eigenvalue weighted by Crippen LogP contribution is 2.37. The largest absolute Gasteiger partial charge is 0.477 e. The third kappa shape index (κ3) is 2.45. The predicted octanol–water partition coefficient (Wildman–Crippen LogP) is 3.04. The molecule has 0 aliphatic carbocycles. The third-order valence-corrected chi connectivity index (χ3v) is 4.66. The Bertz CT molecular complexity index is 857. The minimum atomic E-state index is -0.996. The lowest BCUT2D eigenvalue weighted by molar-refractivity contribution is -0.383. The maximum atomic E-state index is 10.9. The topological polar surface area (TPSA) is 119 Å². The van der Waals surface area contributed by atoms with Gasteiger partial charge in [0, 0.05) is 21.2 Å². The van der Waals surface area contributed by atoms with Crippen LogP contribution < -0.4 is 0 Å². The molecule has 2 heterocycles. The monoisotopic (exact) mass is 323 g/mol. The van der Waals surface area contributed by atoms with Crippen LogP contribution in [-0.4, -0.2) is 26.3 Å². The van der Waals surface area contributed by atoms with Crippen LogP contribution in [0.1, 0.15) is 9.67 Å². The van der Waals surface area contributed by atoms with Gasteiger partial charge in [0.2, 0.25) is 5.52 Å². The van der Waals surface area contributed by atoms with Gasteiger partial charge >= 0.3 is 11.7 Å². The summed E-state index contributed by atoms with van der Waals surface area (Å²) in [7, 11) is 0. The van der Waals surface area contributed by atoms with Crippen LogP contribution in [0, 0.1) is 10.1 Å². The zero-order chi connectivity index (χ0) is 15.0. The van der Waals surface area contributed by atoms with Gasteiger partial charge in [-0.25, -0.2) is 9.42 Å². The molecule has 2 aromatic heterocycles. The molecule has 3 aromatic rings. The molecular weight excluding hydrogens is 318 g/mol. The van der Waals surface area contributed by atoms with Gasteiger partial charge in [-0.1, -0.05) is 11.8 Å². The number of hydrogen-bond donors (Lipinski definition) is 1. The summed E-state index contributed by atoms with van der Waals surface area (Å²) >= 11 is 2.35. The Hall–Kier alpha value is -2.46. The maximum Gasteiger partial charge on any atom is 0.345 e. The Kier molecular flexibility index (Phi) is 3.31. The highest BCUT2D eigenvalue weighted by Gasteiger charge is 2.20. The van der Waals surface area contributed by atoms with Crippen LogP contribution in [0.15, 0.2) is 38.0 Å². The van der Waals surface area contributed by atoms with E-state index in [2.05, 4.69) is 14.9 Å². The molecule has 0 unspecified atom stereocenters. The van der Waals surface area contributed by atoms with Gasteiger partial charge in [0.1, 0.15) is 4.88 Å². The predicted molar refractivity (Wildman–Crippen MR) is 73.9 cm³/mol. The maximum absolute atomic E-state index is 10.9. The molecule has 8 nitrogen and oxygen atoms in total. The van der Waals surface area contributed by atoms with Gasteiger partial charge in [-0.05, 0) is 22.4 Å². The van der Waals surface area contributed by atoms with E-state index < -0.39 is 10.9 Å². The number of fused-ring (bicyclic) bond motifs is 1. The van der Waals surface area contributed by atoms with E-state index in [1.54, 1.807) is 5.38 Å². The summed E-state index contributed by atoms with van der Waals surface area (Å²) in [6, 6.07) is 4.38. The number of carboxylic acids is 1. The first-order chi connectivity index (χ1) is 10.1. The molecule has 1 N–H and O–H groups in total. The number of carbonyl (C=O) groups is 1. The number of benzene rings is 1. The molecule has 0 saturated heterocycles. The Balaban J connectivity index is 2.01. The Morgan fingerprint density at radius 1 is 1.38 bits per heavy atom. The molecule has 3 rings (SSSR count). The number of carboxylic acid groups (broad SMARTS) is 1. The van der Waals surface area contributed by atoms with Crippen molar-refractivity contribution in [2.24, 2.45) is 0 Å². The Labute approximate surface area is 124 Å². The van der Waals surface area contributed by atoms with Crippen molar-refractivity contribution in [1.29, 1.82) is 0 Å². The quantitative estimate of drug-likeness (QED) is 0.574. The summed E-state index contributed by atoms with van der Waals surface area (Å²) < 4.78 is 4.57. The number of nitro groups is 1. The van der Waals surface area contributed by atoms with E-state index in [0.29, 0.717) is 9.79 Å². The molecule has 0 aliphatic heterocycles. The van der Waals surface area contributed by atoms with Crippen LogP contribution >= 0.6 is 23.1 Å². The fourth-order valence-electron chi connectivity index (χ4n) is 1.67. The highest BCUT2D eigenvalue weighted by molar-refractivity contribution is 7.99. The molecule has 0 spiro atoms. The van der Waals surface area contributed by atoms with E-state index in [-0.39, 0.29) is 21.6 Å². The number of nitro benzene ring substituents is 1. The lowest BCUT2D eigenvalue weighted by Crippen LogP contribution is -1.90. The molecule has 0 aliphatic rings. The molecule has 0 amide bonds. The van der Waals surface area contributed by atoms with E-state index in [1.165, 1.54) is 30.0 Å². The van der Waals surface area contributed by atoms with Gasteiger partial charge in [-0.3, -0.25) is 10.1 Å². The van der Waals surface area contributed by atoms with Crippen molar-refractivity contribution >= 4 is 45.8 Å². The molecule has 0 radical (unpaired) electrons. The van der Waals surface area contributed by atoms with Crippen molar-refractivity contribution in [1.82, 2.24) is 10.3 Å². The van der Waals surface area contributed by atoms with Crippen LogP contribution in [0.25, 0.3) is 11.0 Å². The summed E-state index contributed by atoms with van der Waals surface area (Å²) in [4.78, 5) is 22.7. The first kappa shape index (κ1) is 13.5. The van der Waals surface area contributed by atoms with Gasteiger partial charge in [0.05, 0.1) is 4.92 Å². The lowest BCUT2D eigenvalue weighted by Gasteiger charge is -1.99. The Morgan fingerprint density at radius 3 is 2.81 bits per heavy atom. The van der Waals surface area contributed by atoms with E-state index in [9.17, 15) is 14.9 Å². The second-order valence-electron chi connectivity index (χ2n) is 3.86. The minimum Gasteiger partial charge on any atom is -0.477 e. The van der Waals surface area contributed by atoms with Crippen LogP contribution in [0.2, 0.25) is 0 Å². The summed E-state index contributed by atoms with van der Waals surface area (Å²) in [6.45, 7) is 0. The van der Waals surface area contributed by atoms with Crippen molar-refractivity contribution in [3.8, 4) is 0 Å². The van der Waals surface area contributed by atoms with Crippen molar-refractivity contribution in [2.45, 2.75) is 9.79 Å². The number of non-ortho nitro benzene ring substituents is 1. The molecule has 1 aromatic carbocycles. The molecule has 10 heteroatoms. The van der Waals surface area contributed by atoms with Gasteiger partial charge < -0.3 is 5.11 Å². The lowest BCUT2D eigenvalue weighted by atomic mass is 10.3. The fourth-order valence-corrected chi connectivity index (χ4v) is 3.49. The molecule has 0 saturated carbocycles. The standard InChI is InChI=1S/C11H5N3O5S2/c15-11(16)8-3-5(4-20-8)21-7-2-1-6(14(17)18)9-10(7)13-19-12-9/h1-4H,(H,15,16). The fraction of sp³-hybridized carbons (Fsp3) is 0. The minimum absolute atomic E-state index is 0.0682. The second-order valence-corrected chi connectivity index (χ2v) is 5.88. The SMILES string of the molecule is O=C(O)c1cc(Sc2ccc([N+](=O)[O-])c3nonc23)cs1. The van der Waals surface area contributed by atoms with Crippen molar-refractivity contribution in [3.05, 3.63) is 38.6 Å². The van der Waals surface area contributed by atoms with Crippen LogP contribution in [0.3, 0.4) is 0 Å². The number of aromatic carboxylic acids is 1. The normalized spacial score (nSPS) is 10.9. The van der Waals surface area contributed by atoms with Gasteiger partial charge in [0.25, 0.3) is 0 Å². The smallest absolute Gasteiger partial charge is 0.345 e. The number of hydrogen-bond acceptors (Lipinski definition) is 8. The second kappa shape index (κ2) is 5.14. The number of nitrogens with zero attached hydrogens (tertiary/aromatic N) is 3. The van der Waals surface area contributed by atoms with Crippen LogP contribution in [-0.2, 0) is 0 Å². The van der Waals surface area contributed by atoms with E-state index in [1.807, 2.05) is 0 Å². The van der Waals surface area contributed by atoms with Gasteiger partial charge in [-0.15, -0.1) is 11.3 Å². The van der Waals surface area contributed by atoms with E-state index in [4.69, 9.17) is 5.11 Å².